The molecule has 21 heavy (non-hydrogen) atoms. The average molecular weight is 295 g/mol. The molecule has 8 heteroatoms. The Morgan fingerprint density at radius 1 is 1.43 bits per heavy atom. The molecule has 0 atom stereocenters. The number of hydrogen-bond donors (Lipinski definition) is 2. The fourth-order valence-electron chi connectivity index (χ4n) is 2.51. The van der Waals surface area contributed by atoms with Gasteiger partial charge in [0.05, 0.1) is 0 Å². The van der Waals surface area contributed by atoms with E-state index in [2.05, 4.69) is 15.5 Å². The predicted octanol–water partition coefficient (Wildman–Crippen LogP) is 0.254. The van der Waals surface area contributed by atoms with Crippen LogP contribution in [-0.4, -0.2) is 56.4 Å². The van der Waals surface area contributed by atoms with Crippen LogP contribution in [0.3, 0.4) is 0 Å². The monoisotopic (exact) mass is 295 g/mol. The number of piperidine rings is 1. The molecule has 1 aliphatic heterocycles. The summed E-state index contributed by atoms with van der Waals surface area (Å²) in [5.41, 5.74) is 0. The predicted molar refractivity (Wildman–Crippen MR) is 74.7 cm³/mol. The van der Waals surface area contributed by atoms with Crippen LogP contribution in [0.2, 0.25) is 0 Å². The zero-order valence-corrected chi connectivity index (χ0v) is 12.2. The topological polar surface area (TPSA) is 100 Å². The summed E-state index contributed by atoms with van der Waals surface area (Å²) in [5.74, 6) is 0.252. The molecule has 8 nitrogen and oxygen atoms in total. The van der Waals surface area contributed by atoms with E-state index in [1.807, 2.05) is 11.6 Å². The molecule has 0 spiro atoms. The molecule has 1 saturated heterocycles. The maximum absolute atomic E-state index is 12.0. The number of urea groups is 1. The SMILES string of the molecule is Cn1cnnc1CCNC(=O)N1CCC(CC(=O)O)CC1. The van der Waals surface area contributed by atoms with Gasteiger partial charge < -0.3 is 19.9 Å². The van der Waals surface area contributed by atoms with E-state index in [0.717, 1.165) is 18.7 Å². The van der Waals surface area contributed by atoms with Crippen molar-refractivity contribution in [2.45, 2.75) is 25.7 Å². The van der Waals surface area contributed by atoms with Crippen molar-refractivity contribution >= 4 is 12.0 Å². The first-order valence-corrected chi connectivity index (χ1v) is 7.13. The van der Waals surface area contributed by atoms with Gasteiger partial charge in [-0.05, 0) is 18.8 Å². The number of carboxylic acid groups (broad SMARTS) is 1. The number of rotatable bonds is 5. The van der Waals surface area contributed by atoms with Gasteiger partial charge in [0.25, 0.3) is 0 Å². The summed E-state index contributed by atoms with van der Waals surface area (Å²) in [4.78, 5) is 24.4. The molecule has 1 aromatic heterocycles. The van der Waals surface area contributed by atoms with Crippen LogP contribution in [0.4, 0.5) is 4.79 Å². The van der Waals surface area contributed by atoms with Crippen LogP contribution < -0.4 is 5.32 Å². The zero-order valence-electron chi connectivity index (χ0n) is 12.2. The van der Waals surface area contributed by atoms with Gasteiger partial charge >= 0.3 is 12.0 Å². The van der Waals surface area contributed by atoms with Gasteiger partial charge in [0.15, 0.2) is 0 Å². The van der Waals surface area contributed by atoms with E-state index >= 15 is 0 Å². The highest BCUT2D eigenvalue weighted by molar-refractivity contribution is 5.74. The Hall–Kier alpha value is -2.12. The number of hydrogen-bond acceptors (Lipinski definition) is 4. The van der Waals surface area contributed by atoms with Crippen LogP contribution in [-0.2, 0) is 18.3 Å². The van der Waals surface area contributed by atoms with Crippen LogP contribution in [0.1, 0.15) is 25.1 Å². The van der Waals surface area contributed by atoms with Gasteiger partial charge in [0, 0.05) is 39.5 Å². The molecule has 0 aliphatic carbocycles. The number of amides is 2. The minimum absolute atomic E-state index is 0.0917. The van der Waals surface area contributed by atoms with E-state index in [-0.39, 0.29) is 18.4 Å². The lowest BCUT2D eigenvalue weighted by Crippen LogP contribution is -2.45. The first-order chi connectivity index (χ1) is 10.1. The number of carboxylic acids is 1. The van der Waals surface area contributed by atoms with Crippen molar-refractivity contribution in [1.82, 2.24) is 25.0 Å². The molecule has 1 aromatic rings. The fraction of sp³-hybridized carbons (Fsp3) is 0.692. The number of nitrogens with one attached hydrogen (secondary N) is 1. The number of nitrogens with zero attached hydrogens (tertiary/aromatic N) is 4. The number of aromatic nitrogens is 3. The van der Waals surface area contributed by atoms with Crippen molar-refractivity contribution in [3.05, 3.63) is 12.2 Å². The standard InChI is InChI=1S/C13H21N5O3/c1-17-9-15-16-11(17)2-5-14-13(21)18-6-3-10(4-7-18)8-12(19)20/h9-10H,2-8H2,1H3,(H,14,21)(H,19,20). The van der Waals surface area contributed by atoms with Gasteiger partial charge in [-0.2, -0.15) is 0 Å². The van der Waals surface area contributed by atoms with Crippen LogP contribution >= 0.6 is 0 Å². The Morgan fingerprint density at radius 3 is 2.71 bits per heavy atom. The van der Waals surface area contributed by atoms with Crippen LogP contribution in [0.25, 0.3) is 0 Å². The Morgan fingerprint density at radius 2 is 2.14 bits per heavy atom. The summed E-state index contributed by atoms with van der Waals surface area (Å²) >= 11 is 0. The third kappa shape index (κ3) is 4.44. The second-order valence-corrected chi connectivity index (χ2v) is 5.37. The Kier molecular flexibility index (Phi) is 5.13. The van der Waals surface area contributed by atoms with E-state index in [4.69, 9.17) is 5.11 Å². The normalized spacial score (nSPS) is 16.0. The lowest BCUT2D eigenvalue weighted by atomic mass is 9.94. The van der Waals surface area contributed by atoms with E-state index in [1.54, 1.807) is 11.2 Å². The second-order valence-electron chi connectivity index (χ2n) is 5.37. The summed E-state index contributed by atoms with van der Waals surface area (Å²) in [6.07, 6.45) is 3.97. The molecule has 0 aromatic carbocycles. The maximum Gasteiger partial charge on any atom is 0.317 e. The number of aliphatic carboxylic acids is 1. The lowest BCUT2D eigenvalue weighted by Gasteiger charge is -2.31. The molecule has 0 saturated carbocycles. The highest BCUT2D eigenvalue weighted by Crippen LogP contribution is 2.20. The fourth-order valence-corrected chi connectivity index (χ4v) is 2.51. The molecular weight excluding hydrogens is 274 g/mol. The lowest BCUT2D eigenvalue weighted by molar-refractivity contribution is -0.138. The number of carbonyl (C=O) groups is 2. The van der Waals surface area contributed by atoms with Crippen molar-refractivity contribution in [3.63, 3.8) is 0 Å². The Labute approximate surface area is 123 Å². The molecule has 1 fully saturated rings. The van der Waals surface area contributed by atoms with Crippen LogP contribution in [0.15, 0.2) is 6.33 Å². The molecule has 0 bridgehead atoms. The molecule has 2 amide bonds. The number of carbonyl (C=O) groups excluding carboxylic acids is 1. The van der Waals surface area contributed by atoms with E-state index < -0.39 is 5.97 Å². The average Bonchev–Trinajstić information content (AvgIpc) is 2.84. The Bertz CT molecular complexity index is 494. The van der Waals surface area contributed by atoms with Crippen molar-refractivity contribution < 1.29 is 14.7 Å². The summed E-state index contributed by atoms with van der Waals surface area (Å²) in [5, 5.41) is 19.4. The van der Waals surface area contributed by atoms with Gasteiger partial charge in [0.1, 0.15) is 12.2 Å². The highest BCUT2D eigenvalue weighted by atomic mass is 16.4. The Balaban J connectivity index is 1.68. The van der Waals surface area contributed by atoms with Crippen molar-refractivity contribution in [2.24, 2.45) is 13.0 Å². The molecule has 0 radical (unpaired) electrons. The van der Waals surface area contributed by atoms with E-state index in [1.165, 1.54) is 0 Å². The molecule has 1 aliphatic rings. The van der Waals surface area contributed by atoms with Crippen molar-refractivity contribution in [2.75, 3.05) is 19.6 Å². The third-order valence-electron chi connectivity index (χ3n) is 3.80. The first-order valence-electron chi connectivity index (χ1n) is 7.13. The summed E-state index contributed by atoms with van der Waals surface area (Å²) in [6, 6.07) is -0.0917. The molecule has 2 rings (SSSR count). The van der Waals surface area contributed by atoms with Gasteiger partial charge in [-0.15, -0.1) is 10.2 Å². The van der Waals surface area contributed by atoms with E-state index in [0.29, 0.717) is 26.1 Å². The minimum Gasteiger partial charge on any atom is -0.481 e. The van der Waals surface area contributed by atoms with Gasteiger partial charge in [-0.1, -0.05) is 0 Å². The second kappa shape index (κ2) is 7.05. The molecule has 0 unspecified atom stereocenters. The van der Waals surface area contributed by atoms with Crippen molar-refractivity contribution in [1.29, 1.82) is 0 Å². The number of likely N-dealkylation sites (tertiary alicyclic amines) is 1. The maximum atomic E-state index is 12.0. The third-order valence-corrected chi connectivity index (χ3v) is 3.80. The largest absolute Gasteiger partial charge is 0.481 e. The molecular formula is C13H21N5O3. The highest BCUT2D eigenvalue weighted by Gasteiger charge is 2.24. The summed E-state index contributed by atoms with van der Waals surface area (Å²) in [6.45, 7) is 1.75. The van der Waals surface area contributed by atoms with E-state index in [9.17, 15) is 9.59 Å². The quantitative estimate of drug-likeness (QED) is 0.811. The smallest absolute Gasteiger partial charge is 0.317 e. The summed E-state index contributed by atoms with van der Waals surface area (Å²) < 4.78 is 1.82. The van der Waals surface area contributed by atoms with Crippen LogP contribution in [0.5, 0.6) is 0 Å². The van der Waals surface area contributed by atoms with Crippen molar-refractivity contribution in [3.8, 4) is 0 Å². The summed E-state index contributed by atoms with van der Waals surface area (Å²) in [7, 11) is 1.87. The minimum atomic E-state index is -0.762. The number of aryl methyl sites for hydroxylation is 1. The van der Waals surface area contributed by atoms with Gasteiger partial charge in [0.2, 0.25) is 0 Å². The molecule has 2 heterocycles. The molecule has 2 N–H and O–H groups in total. The first kappa shape index (κ1) is 15.3. The zero-order chi connectivity index (χ0) is 15.2. The van der Waals surface area contributed by atoms with Gasteiger partial charge in [-0.3, -0.25) is 4.79 Å². The van der Waals surface area contributed by atoms with Crippen LogP contribution in [0, 0.1) is 5.92 Å². The van der Waals surface area contributed by atoms with Gasteiger partial charge in [-0.25, -0.2) is 4.79 Å². The molecule has 116 valence electrons.